The molecule has 1 fully saturated rings. The Morgan fingerprint density at radius 2 is 1.56 bits per heavy atom. The number of nitrogens with one attached hydrogen (secondary N) is 1. The van der Waals surface area contributed by atoms with Crippen LogP contribution in [0.15, 0.2) is 58.1 Å². The molecule has 13 heteroatoms. The molecule has 5 rings (SSSR count). The molecule has 1 atom stereocenters. The van der Waals surface area contributed by atoms with Crippen molar-refractivity contribution in [2.45, 2.75) is 50.6 Å². The molecule has 2 aromatic heterocycles. The highest BCUT2D eigenvalue weighted by molar-refractivity contribution is 7.22. The average Bonchev–Trinajstić information content (AvgIpc) is 3.61. The molecule has 0 saturated heterocycles. The van der Waals surface area contributed by atoms with Gasteiger partial charge in [-0.25, -0.2) is 4.79 Å². The number of aromatic nitrogens is 2. The predicted molar refractivity (Wildman–Crippen MR) is 134 cm³/mol. The van der Waals surface area contributed by atoms with Gasteiger partial charge in [0.1, 0.15) is 22.1 Å². The van der Waals surface area contributed by atoms with E-state index in [0.717, 1.165) is 28.7 Å². The quantitative estimate of drug-likeness (QED) is 0.254. The number of aromatic amines is 1. The zero-order valence-corrected chi connectivity index (χ0v) is 21.0. The highest BCUT2D eigenvalue weighted by Gasteiger charge is 2.39. The van der Waals surface area contributed by atoms with Crippen molar-refractivity contribution in [2.24, 2.45) is 0 Å². The molecule has 0 bridgehead atoms. The first-order valence-corrected chi connectivity index (χ1v) is 12.6. The van der Waals surface area contributed by atoms with E-state index in [4.69, 9.17) is 4.74 Å². The molecule has 0 spiro atoms. The Bertz CT molecular complexity index is 1620. The van der Waals surface area contributed by atoms with Gasteiger partial charge in [0.25, 0.3) is 5.56 Å². The van der Waals surface area contributed by atoms with Gasteiger partial charge >= 0.3 is 18.0 Å². The maximum atomic E-state index is 13.0. The van der Waals surface area contributed by atoms with Gasteiger partial charge < -0.3 is 14.6 Å². The Morgan fingerprint density at radius 3 is 2.10 bits per heavy atom. The number of fused-ring (bicyclic) bond motifs is 1. The molecule has 1 aliphatic carbocycles. The van der Waals surface area contributed by atoms with Gasteiger partial charge in [0, 0.05) is 11.8 Å². The predicted octanol–water partition coefficient (Wildman–Crippen LogP) is 6.00. The number of rotatable bonds is 8. The van der Waals surface area contributed by atoms with Crippen LogP contribution in [0.5, 0.6) is 17.2 Å². The van der Waals surface area contributed by atoms with Gasteiger partial charge in [-0.15, -0.1) is 11.3 Å². The fraction of sp³-hybridized carbons (Fsp3) is 0.308. The molecule has 2 N–H and O–H groups in total. The minimum atomic E-state index is -4.94. The molecule has 0 amide bonds. The summed E-state index contributed by atoms with van der Waals surface area (Å²) in [5.41, 5.74) is -0.406. The molecule has 206 valence electrons. The molecule has 7 nitrogen and oxygen atoms in total. The van der Waals surface area contributed by atoms with Gasteiger partial charge in [-0.1, -0.05) is 0 Å². The Labute approximate surface area is 221 Å². The highest BCUT2D eigenvalue weighted by atomic mass is 32.1. The van der Waals surface area contributed by atoms with Crippen molar-refractivity contribution >= 4 is 21.6 Å². The molecular weight excluding hydrogens is 547 g/mol. The van der Waals surface area contributed by atoms with Crippen LogP contribution in [0.2, 0.25) is 0 Å². The van der Waals surface area contributed by atoms with Gasteiger partial charge in [0.05, 0.1) is 11.9 Å². The number of alkyl halides is 5. The molecule has 1 aliphatic rings. The maximum Gasteiger partial charge on any atom is 0.416 e. The van der Waals surface area contributed by atoms with Crippen LogP contribution in [-0.4, -0.2) is 33.0 Å². The van der Waals surface area contributed by atoms with Crippen molar-refractivity contribution in [1.82, 2.24) is 9.55 Å². The third kappa shape index (κ3) is 5.83. The van der Waals surface area contributed by atoms with E-state index in [1.807, 2.05) is 0 Å². The molecule has 1 unspecified atom stereocenters. The van der Waals surface area contributed by atoms with E-state index in [1.165, 1.54) is 24.3 Å². The molecular formula is C26H21F5N2O5S. The summed E-state index contributed by atoms with van der Waals surface area (Å²) < 4.78 is 76.1. The van der Waals surface area contributed by atoms with E-state index in [0.29, 0.717) is 34.4 Å². The number of ether oxygens (including phenoxy) is 2. The lowest BCUT2D eigenvalue weighted by atomic mass is 10.0. The highest BCUT2D eigenvalue weighted by Crippen LogP contribution is 2.50. The molecule has 39 heavy (non-hydrogen) atoms. The summed E-state index contributed by atoms with van der Waals surface area (Å²) in [5.74, 6) is 0.776. The molecule has 1 saturated carbocycles. The second kappa shape index (κ2) is 9.79. The zero-order valence-electron chi connectivity index (χ0n) is 20.2. The summed E-state index contributed by atoms with van der Waals surface area (Å²) >= 11 is 1.02. The minimum Gasteiger partial charge on any atom is -0.457 e. The van der Waals surface area contributed by atoms with Crippen molar-refractivity contribution in [3.05, 3.63) is 74.9 Å². The second-order valence-corrected chi connectivity index (χ2v) is 10.2. The number of hydrogen-bond donors (Lipinski definition) is 2. The summed E-state index contributed by atoms with van der Waals surface area (Å²) in [5, 5.41) is 9.74. The van der Waals surface area contributed by atoms with Crippen LogP contribution in [0.4, 0.5) is 22.0 Å². The van der Waals surface area contributed by atoms with Crippen LogP contribution in [-0.2, 0) is 6.54 Å². The Morgan fingerprint density at radius 1 is 1.00 bits per heavy atom. The Balaban J connectivity index is 1.47. The van der Waals surface area contributed by atoms with Gasteiger partial charge in [-0.3, -0.25) is 14.3 Å². The first kappa shape index (κ1) is 26.9. The lowest BCUT2D eigenvalue weighted by Gasteiger charge is -2.16. The first-order valence-electron chi connectivity index (χ1n) is 11.8. The molecule has 0 radical (unpaired) electrons. The van der Waals surface area contributed by atoms with Gasteiger partial charge in [0.2, 0.25) is 0 Å². The van der Waals surface area contributed by atoms with E-state index in [9.17, 15) is 36.6 Å². The zero-order chi connectivity index (χ0) is 28.1. The number of thiophene rings is 1. The van der Waals surface area contributed by atoms with E-state index in [1.54, 1.807) is 24.3 Å². The number of benzene rings is 2. The van der Waals surface area contributed by atoms with Gasteiger partial charge in [0.15, 0.2) is 6.10 Å². The number of hydrogen-bond acceptors (Lipinski definition) is 6. The van der Waals surface area contributed by atoms with E-state index in [-0.39, 0.29) is 21.9 Å². The fourth-order valence-corrected chi connectivity index (χ4v) is 5.57. The summed E-state index contributed by atoms with van der Waals surface area (Å²) in [6.45, 7) is -0.419. The van der Waals surface area contributed by atoms with Crippen molar-refractivity contribution in [2.75, 3.05) is 0 Å². The SMILES string of the molecule is CC(F)(F)Oc1ccc(Oc2ccc(-c3sc4c(c3C3CC3)c(=O)[nH]c(=O)n4CC(O)C(F)(F)F)cc2)cc1. The summed E-state index contributed by atoms with van der Waals surface area (Å²) in [7, 11) is 0. The lowest BCUT2D eigenvalue weighted by Crippen LogP contribution is -2.38. The van der Waals surface area contributed by atoms with Crippen LogP contribution in [0.3, 0.4) is 0 Å². The molecule has 4 aromatic rings. The van der Waals surface area contributed by atoms with Crippen LogP contribution in [0.25, 0.3) is 20.7 Å². The smallest absolute Gasteiger partial charge is 0.416 e. The maximum absolute atomic E-state index is 13.0. The largest absolute Gasteiger partial charge is 0.457 e. The van der Waals surface area contributed by atoms with Crippen molar-refractivity contribution in [3.8, 4) is 27.7 Å². The van der Waals surface area contributed by atoms with Gasteiger partial charge in [-0.05, 0) is 78.4 Å². The van der Waals surface area contributed by atoms with E-state index < -0.39 is 36.2 Å². The average molecular weight is 569 g/mol. The third-order valence-corrected chi connectivity index (χ3v) is 7.33. The van der Waals surface area contributed by atoms with Crippen molar-refractivity contribution in [1.29, 1.82) is 0 Å². The Hall–Kier alpha value is -3.71. The standard InChI is InChI=1S/C26H21F5N2O5S/c1-25(27,28)38-17-10-8-16(9-11-17)37-15-6-4-14(5-7-15)21-19(13-2-3-13)20-22(35)32-24(36)33(23(20)39-21)12-18(34)26(29,30)31/h4-11,13,18,34H,2-3,12H2,1H3,(H,32,35,36). The second-order valence-electron chi connectivity index (χ2n) is 9.23. The number of aliphatic hydroxyl groups excluding tert-OH is 1. The number of halogens is 5. The van der Waals surface area contributed by atoms with Gasteiger partial charge in [-0.2, -0.15) is 22.0 Å². The van der Waals surface area contributed by atoms with Crippen LogP contribution >= 0.6 is 11.3 Å². The summed E-state index contributed by atoms with van der Waals surface area (Å²) in [4.78, 5) is 28.0. The van der Waals surface area contributed by atoms with Crippen LogP contribution in [0.1, 0.15) is 31.2 Å². The topological polar surface area (TPSA) is 93.5 Å². The van der Waals surface area contributed by atoms with Crippen molar-refractivity contribution < 1.29 is 36.5 Å². The Kier molecular flexibility index (Phi) is 6.75. The number of aliphatic hydroxyl groups is 1. The monoisotopic (exact) mass is 568 g/mol. The number of H-pyrrole nitrogens is 1. The normalized spacial score (nSPS) is 14.9. The number of nitrogens with zero attached hydrogens (tertiary/aromatic N) is 1. The summed E-state index contributed by atoms with van der Waals surface area (Å²) in [6, 6.07) is 12.3. The lowest BCUT2D eigenvalue weighted by molar-refractivity contribution is -0.207. The first-order chi connectivity index (χ1) is 18.3. The summed E-state index contributed by atoms with van der Waals surface area (Å²) in [6.07, 6.45) is -9.47. The molecule has 2 heterocycles. The fourth-order valence-electron chi connectivity index (χ4n) is 4.17. The molecule has 0 aliphatic heterocycles. The third-order valence-electron chi connectivity index (χ3n) is 6.06. The van der Waals surface area contributed by atoms with E-state index in [2.05, 4.69) is 9.72 Å². The van der Waals surface area contributed by atoms with Crippen LogP contribution in [0, 0.1) is 0 Å². The van der Waals surface area contributed by atoms with Crippen LogP contribution < -0.4 is 20.7 Å². The molecule has 2 aromatic carbocycles. The minimum absolute atomic E-state index is 0.0144. The van der Waals surface area contributed by atoms with Crippen molar-refractivity contribution in [3.63, 3.8) is 0 Å². The van der Waals surface area contributed by atoms with E-state index >= 15 is 0 Å².